The lowest BCUT2D eigenvalue weighted by Gasteiger charge is -2.39. The van der Waals surface area contributed by atoms with Crippen LogP contribution in [-0.4, -0.2) is 42.5 Å². The molecular weight excluding hydrogens is 410 g/mol. The Bertz CT molecular complexity index is 1070. The summed E-state index contributed by atoms with van der Waals surface area (Å²) in [6.45, 7) is 3.71. The number of rotatable bonds is 5. The van der Waals surface area contributed by atoms with Crippen LogP contribution in [0.3, 0.4) is 0 Å². The largest absolute Gasteiger partial charge is 0.493 e. The Hall–Kier alpha value is -3.19. The first-order valence-corrected chi connectivity index (χ1v) is 10.6. The Balaban J connectivity index is 1.77. The fraction of sp³-hybridized carbons (Fsp3) is 0.292. The van der Waals surface area contributed by atoms with Crippen molar-refractivity contribution in [2.24, 2.45) is 0 Å². The summed E-state index contributed by atoms with van der Waals surface area (Å²) in [4.78, 5) is 2.22. The highest BCUT2D eigenvalue weighted by molar-refractivity contribution is 7.80. The van der Waals surface area contributed by atoms with E-state index in [-0.39, 0.29) is 6.04 Å². The first-order valence-electron chi connectivity index (χ1n) is 10.2. The van der Waals surface area contributed by atoms with Gasteiger partial charge in [-0.15, -0.1) is 0 Å². The third-order valence-electron chi connectivity index (χ3n) is 5.69. The van der Waals surface area contributed by atoms with Gasteiger partial charge in [-0.2, -0.15) is 0 Å². The Kier molecular flexibility index (Phi) is 6.04. The van der Waals surface area contributed by atoms with Crippen LogP contribution in [0.4, 0.5) is 5.69 Å². The maximum absolute atomic E-state index is 5.89. The summed E-state index contributed by atoms with van der Waals surface area (Å²) < 4.78 is 19.0. The normalized spacial score (nSPS) is 15.2. The second kappa shape index (κ2) is 8.89. The van der Waals surface area contributed by atoms with Crippen molar-refractivity contribution in [3.63, 3.8) is 0 Å². The molecule has 1 atom stereocenters. The number of fused-ring (bicyclic) bond motifs is 1. The number of benzene rings is 2. The lowest BCUT2D eigenvalue weighted by atomic mass is 9.99. The first-order chi connectivity index (χ1) is 15.1. The summed E-state index contributed by atoms with van der Waals surface area (Å²) in [5.41, 5.74) is 4.34. The molecule has 0 aliphatic carbocycles. The lowest BCUT2D eigenvalue weighted by molar-refractivity contribution is 0.288. The Morgan fingerprint density at radius 2 is 1.68 bits per heavy atom. The maximum atomic E-state index is 5.89. The van der Waals surface area contributed by atoms with Crippen LogP contribution >= 0.6 is 12.2 Å². The van der Waals surface area contributed by atoms with Gasteiger partial charge in [-0.1, -0.05) is 18.2 Å². The van der Waals surface area contributed by atoms with Crippen molar-refractivity contribution in [3.05, 3.63) is 71.5 Å². The van der Waals surface area contributed by atoms with Crippen LogP contribution in [0.1, 0.15) is 22.9 Å². The molecule has 0 saturated carbocycles. The molecule has 0 fully saturated rings. The Morgan fingerprint density at radius 1 is 0.968 bits per heavy atom. The first kappa shape index (κ1) is 21.1. The minimum Gasteiger partial charge on any atom is -0.493 e. The molecule has 7 heteroatoms. The zero-order valence-corrected chi connectivity index (χ0v) is 19.0. The number of nitrogens with one attached hydrogen (secondary N) is 1. The molecule has 2 aromatic carbocycles. The number of ether oxygens (including phenoxy) is 3. The van der Waals surface area contributed by atoms with E-state index >= 15 is 0 Å². The number of methoxy groups -OCH3 is 3. The average Bonchev–Trinajstić information content (AvgIpc) is 3.27. The molecule has 4 rings (SSSR count). The van der Waals surface area contributed by atoms with E-state index in [1.807, 2.05) is 30.3 Å². The highest BCUT2D eigenvalue weighted by atomic mass is 32.1. The molecule has 0 bridgehead atoms. The number of para-hydroxylation sites is 1. The summed E-state index contributed by atoms with van der Waals surface area (Å²) in [7, 11) is 4.87. The fourth-order valence-electron chi connectivity index (χ4n) is 4.11. The monoisotopic (exact) mass is 437 g/mol. The average molecular weight is 438 g/mol. The highest BCUT2D eigenvalue weighted by Gasteiger charge is 2.32. The lowest BCUT2D eigenvalue weighted by Crippen LogP contribution is -2.44. The topological polar surface area (TPSA) is 47.9 Å². The van der Waals surface area contributed by atoms with E-state index in [0.29, 0.717) is 22.4 Å². The van der Waals surface area contributed by atoms with Crippen LogP contribution < -0.4 is 19.5 Å². The van der Waals surface area contributed by atoms with Gasteiger partial charge in [0.25, 0.3) is 0 Å². The van der Waals surface area contributed by atoms with Crippen molar-refractivity contribution >= 4 is 23.0 Å². The van der Waals surface area contributed by atoms with Gasteiger partial charge in [0.05, 0.1) is 27.4 Å². The zero-order chi connectivity index (χ0) is 22.0. The molecule has 6 nitrogen and oxygen atoms in total. The van der Waals surface area contributed by atoms with Gasteiger partial charge in [-0.05, 0) is 60.6 Å². The van der Waals surface area contributed by atoms with Gasteiger partial charge in [-0.25, -0.2) is 0 Å². The van der Waals surface area contributed by atoms with Crippen LogP contribution in [0.5, 0.6) is 17.2 Å². The van der Waals surface area contributed by atoms with Crippen LogP contribution in [0.25, 0.3) is 0 Å². The van der Waals surface area contributed by atoms with E-state index in [0.717, 1.165) is 35.6 Å². The third kappa shape index (κ3) is 3.93. The molecule has 1 aromatic heterocycles. The van der Waals surface area contributed by atoms with Crippen molar-refractivity contribution in [1.82, 2.24) is 9.47 Å². The van der Waals surface area contributed by atoms with Crippen LogP contribution in [-0.2, 0) is 6.54 Å². The summed E-state index contributed by atoms with van der Waals surface area (Å²) >= 11 is 5.89. The fourth-order valence-corrected chi connectivity index (χ4v) is 4.42. The summed E-state index contributed by atoms with van der Waals surface area (Å²) in [5.74, 6) is 1.82. The number of aryl methyl sites for hydroxylation is 1. The minimum atomic E-state index is -0.0959. The molecule has 162 valence electrons. The molecule has 0 unspecified atom stereocenters. The van der Waals surface area contributed by atoms with Crippen molar-refractivity contribution in [3.8, 4) is 17.2 Å². The predicted molar refractivity (Wildman–Crippen MR) is 126 cm³/mol. The zero-order valence-electron chi connectivity index (χ0n) is 18.2. The van der Waals surface area contributed by atoms with E-state index in [2.05, 4.69) is 46.1 Å². The summed E-state index contributed by atoms with van der Waals surface area (Å²) in [5, 5.41) is 4.12. The number of aromatic nitrogens is 1. The SMILES string of the molecule is COc1cc([C@@H]2c3cccn3CCN2C(=S)Nc2ccccc2C)cc(OC)c1OC. The van der Waals surface area contributed by atoms with Gasteiger partial charge < -0.3 is 29.0 Å². The van der Waals surface area contributed by atoms with E-state index in [1.54, 1.807) is 21.3 Å². The van der Waals surface area contributed by atoms with Gasteiger partial charge in [-0.3, -0.25) is 0 Å². The number of hydrogen-bond donors (Lipinski definition) is 1. The molecule has 1 N–H and O–H groups in total. The molecule has 0 saturated heterocycles. The molecule has 1 aliphatic heterocycles. The van der Waals surface area contributed by atoms with E-state index in [4.69, 9.17) is 26.4 Å². The smallest absolute Gasteiger partial charge is 0.203 e. The van der Waals surface area contributed by atoms with Crippen molar-refractivity contribution < 1.29 is 14.2 Å². The number of hydrogen-bond acceptors (Lipinski definition) is 4. The molecular formula is C24H27N3O3S. The summed E-state index contributed by atoms with van der Waals surface area (Å²) in [6.07, 6.45) is 2.11. The Labute approximate surface area is 188 Å². The molecule has 2 heterocycles. The van der Waals surface area contributed by atoms with Crippen LogP contribution in [0.15, 0.2) is 54.7 Å². The van der Waals surface area contributed by atoms with Crippen LogP contribution in [0, 0.1) is 6.92 Å². The molecule has 0 spiro atoms. The quantitative estimate of drug-likeness (QED) is 0.588. The molecule has 0 radical (unpaired) electrons. The van der Waals surface area contributed by atoms with E-state index in [9.17, 15) is 0 Å². The number of anilines is 1. The Morgan fingerprint density at radius 3 is 2.32 bits per heavy atom. The van der Waals surface area contributed by atoms with Crippen molar-refractivity contribution in [1.29, 1.82) is 0 Å². The molecule has 1 aliphatic rings. The van der Waals surface area contributed by atoms with Crippen LogP contribution in [0.2, 0.25) is 0 Å². The molecule has 0 amide bonds. The second-order valence-electron chi connectivity index (χ2n) is 7.43. The highest BCUT2D eigenvalue weighted by Crippen LogP contribution is 2.43. The minimum absolute atomic E-state index is 0.0959. The van der Waals surface area contributed by atoms with Gasteiger partial charge >= 0.3 is 0 Å². The van der Waals surface area contributed by atoms with E-state index < -0.39 is 0 Å². The molecule has 3 aromatic rings. The van der Waals surface area contributed by atoms with Gasteiger partial charge in [0.15, 0.2) is 16.6 Å². The number of nitrogens with zero attached hydrogens (tertiary/aromatic N) is 2. The van der Waals surface area contributed by atoms with Gasteiger partial charge in [0, 0.05) is 30.7 Å². The number of thiocarbonyl (C=S) groups is 1. The summed E-state index contributed by atoms with van der Waals surface area (Å²) in [6, 6.07) is 16.3. The van der Waals surface area contributed by atoms with Crippen molar-refractivity contribution in [2.75, 3.05) is 33.2 Å². The second-order valence-corrected chi connectivity index (χ2v) is 7.81. The van der Waals surface area contributed by atoms with Gasteiger partial charge in [0.1, 0.15) is 0 Å². The molecule has 31 heavy (non-hydrogen) atoms. The predicted octanol–water partition coefficient (Wildman–Crippen LogP) is 4.62. The van der Waals surface area contributed by atoms with Gasteiger partial charge in [0.2, 0.25) is 5.75 Å². The van der Waals surface area contributed by atoms with E-state index in [1.165, 1.54) is 0 Å². The maximum Gasteiger partial charge on any atom is 0.203 e. The standard InChI is InChI=1S/C24H27N3O3S/c1-16-8-5-6-9-18(16)25-24(31)27-13-12-26-11-7-10-19(26)22(27)17-14-20(28-2)23(30-4)21(15-17)29-3/h5-11,14-15,22H,12-13H2,1-4H3,(H,25,31)/t22-/m1/s1. The third-order valence-corrected chi connectivity index (χ3v) is 6.03. The van der Waals surface area contributed by atoms with Crippen molar-refractivity contribution in [2.45, 2.75) is 19.5 Å².